The maximum atomic E-state index is 13.0. The molecular weight excluding hydrogens is 355 g/mol. The molecule has 7 heteroatoms. The number of likely N-dealkylation sites (N-methyl/N-ethyl adjacent to an activating group) is 1. The third-order valence-electron chi connectivity index (χ3n) is 4.59. The molecule has 0 spiro atoms. The number of amides is 1. The molecule has 0 radical (unpaired) electrons. The summed E-state index contributed by atoms with van der Waals surface area (Å²) in [5, 5.41) is 2.93. The maximum Gasteiger partial charge on any atom is 0.243 e. The number of benzene rings is 2. The van der Waals surface area contributed by atoms with Gasteiger partial charge in [-0.15, -0.1) is 0 Å². The van der Waals surface area contributed by atoms with Gasteiger partial charge >= 0.3 is 0 Å². The van der Waals surface area contributed by atoms with Crippen molar-refractivity contribution in [2.45, 2.75) is 30.2 Å². The minimum Gasteiger partial charge on any atom is -0.348 e. The number of fused-ring (bicyclic) bond motifs is 1. The molecule has 138 valence electrons. The molecule has 2 aromatic carbocycles. The molecule has 1 amide bonds. The summed E-state index contributed by atoms with van der Waals surface area (Å²) in [5.74, 6) is -0.875. The summed E-state index contributed by atoms with van der Waals surface area (Å²) in [5.41, 5.74) is 2.31. The van der Waals surface area contributed by atoms with E-state index < -0.39 is 15.8 Å². The number of rotatable bonds is 5. The van der Waals surface area contributed by atoms with Crippen LogP contribution in [0.3, 0.4) is 0 Å². The van der Waals surface area contributed by atoms with E-state index in [1.54, 1.807) is 0 Å². The van der Waals surface area contributed by atoms with Crippen LogP contribution in [0.15, 0.2) is 53.4 Å². The Kier molecular flexibility index (Phi) is 5.38. The molecule has 26 heavy (non-hydrogen) atoms. The smallest absolute Gasteiger partial charge is 0.243 e. The summed E-state index contributed by atoms with van der Waals surface area (Å²) in [4.78, 5) is 12.3. The Hall–Kier alpha value is -2.25. The van der Waals surface area contributed by atoms with Gasteiger partial charge in [-0.3, -0.25) is 4.79 Å². The van der Waals surface area contributed by atoms with Gasteiger partial charge in [-0.2, -0.15) is 4.31 Å². The third-order valence-corrected chi connectivity index (χ3v) is 6.41. The zero-order valence-electron chi connectivity index (χ0n) is 14.5. The number of carbonyl (C=O) groups is 1. The molecule has 1 N–H and O–H groups in total. The van der Waals surface area contributed by atoms with E-state index in [1.807, 2.05) is 18.2 Å². The monoisotopic (exact) mass is 376 g/mol. The molecule has 0 fully saturated rings. The Morgan fingerprint density at radius 2 is 1.88 bits per heavy atom. The first-order valence-electron chi connectivity index (χ1n) is 8.47. The Labute approximate surface area is 152 Å². The van der Waals surface area contributed by atoms with Crippen molar-refractivity contribution in [3.05, 3.63) is 65.5 Å². The molecule has 0 saturated carbocycles. The van der Waals surface area contributed by atoms with Crippen LogP contribution in [0.25, 0.3) is 0 Å². The number of hydrogen-bond donors (Lipinski definition) is 1. The van der Waals surface area contributed by atoms with Crippen LogP contribution in [0.4, 0.5) is 4.39 Å². The van der Waals surface area contributed by atoms with Crippen molar-refractivity contribution in [3.63, 3.8) is 0 Å². The van der Waals surface area contributed by atoms with Crippen LogP contribution in [0.5, 0.6) is 0 Å². The summed E-state index contributed by atoms with van der Waals surface area (Å²) >= 11 is 0. The molecule has 0 saturated heterocycles. The van der Waals surface area contributed by atoms with Gasteiger partial charge in [-0.25, -0.2) is 12.8 Å². The number of sulfonamides is 1. The van der Waals surface area contributed by atoms with Gasteiger partial charge in [0.05, 0.1) is 17.5 Å². The third kappa shape index (κ3) is 3.94. The molecule has 1 unspecified atom stereocenters. The summed E-state index contributed by atoms with van der Waals surface area (Å²) < 4.78 is 39.0. The quantitative estimate of drug-likeness (QED) is 0.872. The van der Waals surface area contributed by atoms with Crippen LogP contribution in [0.1, 0.15) is 30.0 Å². The molecule has 2 aromatic rings. The topological polar surface area (TPSA) is 66.5 Å². The van der Waals surface area contributed by atoms with Gasteiger partial charge in [0.2, 0.25) is 15.9 Å². The van der Waals surface area contributed by atoms with Gasteiger partial charge in [0.1, 0.15) is 5.82 Å². The lowest BCUT2D eigenvalue weighted by molar-refractivity contribution is -0.122. The van der Waals surface area contributed by atoms with Crippen LogP contribution in [-0.4, -0.2) is 32.2 Å². The second-order valence-corrected chi connectivity index (χ2v) is 8.47. The van der Waals surface area contributed by atoms with E-state index in [9.17, 15) is 17.6 Å². The number of nitrogens with one attached hydrogen (secondary N) is 1. The molecule has 3 rings (SSSR count). The molecule has 0 aliphatic heterocycles. The predicted octanol–water partition coefficient (Wildman–Crippen LogP) is 2.64. The van der Waals surface area contributed by atoms with Gasteiger partial charge < -0.3 is 5.32 Å². The number of hydrogen-bond acceptors (Lipinski definition) is 3. The van der Waals surface area contributed by atoms with Crippen molar-refractivity contribution in [3.8, 4) is 0 Å². The van der Waals surface area contributed by atoms with Crippen molar-refractivity contribution in [2.75, 3.05) is 13.6 Å². The SMILES string of the molecule is CN(CC(=O)NC1CCCc2ccccc21)S(=O)(=O)c1ccc(F)cc1. The Bertz CT molecular complexity index is 897. The Morgan fingerprint density at radius 3 is 2.62 bits per heavy atom. The lowest BCUT2D eigenvalue weighted by Gasteiger charge is -2.27. The van der Waals surface area contributed by atoms with Crippen LogP contribution in [0, 0.1) is 5.82 Å². The van der Waals surface area contributed by atoms with Crippen molar-refractivity contribution in [1.29, 1.82) is 0 Å². The highest BCUT2D eigenvalue weighted by Gasteiger charge is 2.26. The lowest BCUT2D eigenvalue weighted by atomic mass is 9.88. The molecule has 5 nitrogen and oxygen atoms in total. The minimum atomic E-state index is -3.85. The minimum absolute atomic E-state index is 0.0442. The van der Waals surface area contributed by atoms with Crippen molar-refractivity contribution in [2.24, 2.45) is 0 Å². The fourth-order valence-electron chi connectivity index (χ4n) is 3.22. The number of aryl methyl sites for hydroxylation is 1. The Balaban J connectivity index is 1.67. The first kappa shape index (κ1) is 18.5. The molecule has 0 aromatic heterocycles. The average molecular weight is 376 g/mol. The first-order chi connectivity index (χ1) is 12.4. The second kappa shape index (κ2) is 7.55. The van der Waals surface area contributed by atoms with Crippen molar-refractivity contribution in [1.82, 2.24) is 9.62 Å². The van der Waals surface area contributed by atoms with E-state index in [0.29, 0.717) is 0 Å². The van der Waals surface area contributed by atoms with Crippen LogP contribution in [0.2, 0.25) is 0 Å². The van der Waals surface area contributed by atoms with E-state index in [4.69, 9.17) is 0 Å². The molecule has 0 bridgehead atoms. The van der Waals surface area contributed by atoms with E-state index in [2.05, 4.69) is 11.4 Å². The van der Waals surface area contributed by atoms with Gasteiger partial charge in [0.15, 0.2) is 0 Å². The van der Waals surface area contributed by atoms with Crippen LogP contribution >= 0.6 is 0 Å². The molecular formula is C19H21FN2O3S. The highest BCUT2D eigenvalue weighted by molar-refractivity contribution is 7.89. The summed E-state index contributed by atoms with van der Waals surface area (Å²) in [7, 11) is -2.51. The molecule has 1 aliphatic rings. The van der Waals surface area contributed by atoms with E-state index >= 15 is 0 Å². The van der Waals surface area contributed by atoms with Gasteiger partial charge in [0.25, 0.3) is 0 Å². The first-order valence-corrected chi connectivity index (χ1v) is 9.91. The summed E-state index contributed by atoms with van der Waals surface area (Å²) in [6.07, 6.45) is 2.80. The van der Waals surface area contributed by atoms with Gasteiger partial charge in [0, 0.05) is 7.05 Å². The number of nitrogens with zero attached hydrogens (tertiary/aromatic N) is 1. The number of halogens is 1. The Morgan fingerprint density at radius 1 is 1.19 bits per heavy atom. The van der Waals surface area contributed by atoms with Crippen LogP contribution < -0.4 is 5.32 Å². The highest BCUT2D eigenvalue weighted by Crippen LogP contribution is 2.29. The predicted molar refractivity (Wildman–Crippen MR) is 96.5 cm³/mol. The van der Waals surface area contributed by atoms with E-state index in [0.717, 1.165) is 41.3 Å². The fourth-order valence-corrected chi connectivity index (χ4v) is 4.34. The van der Waals surface area contributed by atoms with E-state index in [1.165, 1.54) is 24.7 Å². The molecule has 1 atom stereocenters. The largest absolute Gasteiger partial charge is 0.348 e. The standard InChI is InChI=1S/C19H21FN2O3S/c1-22(26(24,25)16-11-9-15(20)10-12-16)13-19(23)21-18-8-4-6-14-5-2-3-7-17(14)18/h2-3,5,7,9-12,18H,4,6,8,13H2,1H3,(H,21,23). The van der Waals surface area contributed by atoms with Gasteiger partial charge in [-0.05, 0) is 54.7 Å². The zero-order valence-corrected chi connectivity index (χ0v) is 15.3. The fraction of sp³-hybridized carbons (Fsp3) is 0.316. The normalized spacial score (nSPS) is 17.0. The van der Waals surface area contributed by atoms with E-state index in [-0.39, 0.29) is 23.4 Å². The lowest BCUT2D eigenvalue weighted by Crippen LogP contribution is -2.40. The summed E-state index contributed by atoms with van der Waals surface area (Å²) in [6.45, 7) is -0.293. The second-order valence-electron chi connectivity index (χ2n) is 6.43. The maximum absolute atomic E-state index is 13.0. The van der Waals surface area contributed by atoms with Crippen molar-refractivity contribution < 1.29 is 17.6 Å². The van der Waals surface area contributed by atoms with Crippen molar-refractivity contribution >= 4 is 15.9 Å². The van der Waals surface area contributed by atoms with Crippen LogP contribution in [-0.2, 0) is 21.2 Å². The zero-order chi connectivity index (χ0) is 18.7. The molecule has 1 aliphatic carbocycles. The summed E-state index contributed by atoms with van der Waals surface area (Å²) in [6, 6.07) is 12.4. The average Bonchev–Trinajstić information content (AvgIpc) is 2.62. The molecule has 0 heterocycles. The van der Waals surface area contributed by atoms with Gasteiger partial charge in [-0.1, -0.05) is 24.3 Å². The highest BCUT2D eigenvalue weighted by atomic mass is 32.2. The number of carbonyl (C=O) groups excluding carboxylic acids is 1.